The van der Waals surface area contributed by atoms with Crippen LogP contribution < -0.4 is 0 Å². The Kier molecular flexibility index (Phi) is 2.86. The lowest BCUT2D eigenvalue weighted by Crippen LogP contribution is -2.63. The minimum Gasteiger partial charge on any atom is -0.461 e. The Balaban J connectivity index is 1.48. The minimum atomic E-state index is -0.129. The molecule has 96 valence electrons. The van der Waals surface area contributed by atoms with Gasteiger partial charge >= 0.3 is 5.97 Å². The van der Waals surface area contributed by atoms with Gasteiger partial charge in [-0.15, -0.1) is 0 Å². The summed E-state index contributed by atoms with van der Waals surface area (Å²) in [6, 6.07) is 9.72. The van der Waals surface area contributed by atoms with Crippen LogP contribution in [-0.2, 0) is 16.1 Å². The Hall–Kier alpha value is -1.35. The molecular weight excluding hydrogens is 228 g/mol. The molecule has 3 fully saturated rings. The van der Waals surface area contributed by atoms with Gasteiger partial charge < -0.3 is 9.84 Å². The molecule has 1 aromatic carbocycles. The number of hydrogen-bond acceptors (Lipinski definition) is 3. The molecule has 1 atom stereocenters. The smallest absolute Gasteiger partial charge is 0.306 e. The third kappa shape index (κ3) is 1.83. The molecule has 3 aliphatic carbocycles. The SMILES string of the molecule is O=C(CC12CC(C1)C2CO)OCc1ccccc1. The van der Waals surface area contributed by atoms with E-state index in [1.165, 1.54) is 0 Å². The van der Waals surface area contributed by atoms with Crippen molar-refractivity contribution in [1.82, 2.24) is 0 Å². The zero-order valence-corrected chi connectivity index (χ0v) is 10.3. The van der Waals surface area contributed by atoms with Gasteiger partial charge in [-0.2, -0.15) is 0 Å². The Bertz CT molecular complexity index is 434. The van der Waals surface area contributed by atoms with Gasteiger partial charge in [0.2, 0.25) is 0 Å². The van der Waals surface area contributed by atoms with Gasteiger partial charge in [0.15, 0.2) is 0 Å². The molecule has 0 heterocycles. The first-order valence-corrected chi connectivity index (χ1v) is 6.54. The molecule has 0 aliphatic heterocycles. The van der Waals surface area contributed by atoms with Gasteiger partial charge in [0.05, 0.1) is 6.42 Å². The van der Waals surface area contributed by atoms with Crippen molar-refractivity contribution in [2.45, 2.75) is 25.9 Å². The number of carbonyl (C=O) groups is 1. The highest BCUT2D eigenvalue weighted by molar-refractivity contribution is 5.71. The molecule has 3 nitrogen and oxygen atoms in total. The Morgan fingerprint density at radius 3 is 2.61 bits per heavy atom. The van der Waals surface area contributed by atoms with E-state index in [0.717, 1.165) is 18.4 Å². The predicted octanol–water partition coefficient (Wildman–Crippen LogP) is 2.14. The highest BCUT2D eigenvalue weighted by Gasteiger charge is 2.65. The number of ether oxygens (including phenoxy) is 1. The molecule has 3 aliphatic rings. The Morgan fingerprint density at radius 2 is 2.06 bits per heavy atom. The summed E-state index contributed by atoms with van der Waals surface area (Å²) in [5.41, 5.74) is 1.09. The summed E-state index contributed by atoms with van der Waals surface area (Å²) in [7, 11) is 0. The number of hydrogen-bond donors (Lipinski definition) is 1. The summed E-state index contributed by atoms with van der Waals surface area (Å²) in [6.07, 6.45) is 2.67. The van der Waals surface area contributed by atoms with Crippen molar-refractivity contribution in [2.24, 2.45) is 17.3 Å². The maximum absolute atomic E-state index is 11.8. The summed E-state index contributed by atoms with van der Waals surface area (Å²) in [5, 5.41) is 9.22. The Morgan fingerprint density at radius 1 is 1.33 bits per heavy atom. The quantitative estimate of drug-likeness (QED) is 0.810. The molecule has 2 bridgehead atoms. The van der Waals surface area contributed by atoms with E-state index in [9.17, 15) is 9.90 Å². The highest BCUT2D eigenvalue weighted by atomic mass is 16.5. The molecule has 3 heteroatoms. The summed E-state index contributed by atoms with van der Waals surface area (Å²) in [5.74, 6) is 0.883. The van der Waals surface area contributed by atoms with Crippen LogP contribution in [0.1, 0.15) is 24.8 Å². The van der Waals surface area contributed by atoms with Crippen molar-refractivity contribution in [3.05, 3.63) is 35.9 Å². The van der Waals surface area contributed by atoms with E-state index in [1.807, 2.05) is 30.3 Å². The number of esters is 1. The van der Waals surface area contributed by atoms with Crippen LogP contribution in [0.5, 0.6) is 0 Å². The van der Waals surface area contributed by atoms with Gasteiger partial charge in [-0.25, -0.2) is 0 Å². The number of carbonyl (C=O) groups excluding carboxylic acids is 1. The second-order valence-electron chi connectivity index (χ2n) is 5.64. The number of aliphatic hydroxyl groups is 1. The number of aliphatic hydroxyl groups excluding tert-OH is 1. The molecule has 1 unspecified atom stereocenters. The van der Waals surface area contributed by atoms with Crippen molar-refractivity contribution >= 4 is 5.97 Å². The van der Waals surface area contributed by atoms with Crippen LogP contribution >= 0.6 is 0 Å². The molecule has 1 aromatic rings. The molecule has 1 N–H and O–H groups in total. The van der Waals surface area contributed by atoms with E-state index in [1.54, 1.807) is 0 Å². The van der Waals surface area contributed by atoms with E-state index in [2.05, 4.69) is 0 Å². The lowest BCUT2D eigenvalue weighted by Gasteiger charge is -2.68. The van der Waals surface area contributed by atoms with Crippen LogP contribution in [0, 0.1) is 17.3 Å². The summed E-state index contributed by atoms with van der Waals surface area (Å²) < 4.78 is 5.30. The summed E-state index contributed by atoms with van der Waals surface area (Å²) in [6.45, 7) is 0.569. The average molecular weight is 246 g/mol. The molecule has 0 saturated heterocycles. The van der Waals surface area contributed by atoms with Gasteiger partial charge in [0.25, 0.3) is 0 Å². The Labute approximate surface area is 107 Å². The third-order valence-electron chi connectivity index (χ3n) is 4.63. The van der Waals surface area contributed by atoms with E-state index in [4.69, 9.17) is 4.74 Å². The van der Waals surface area contributed by atoms with E-state index >= 15 is 0 Å². The van der Waals surface area contributed by atoms with Gasteiger partial charge in [-0.05, 0) is 35.7 Å². The molecule has 4 rings (SSSR count). The minimum absolute atomic E-state index is 0.0766. The lowest BCUT2D eigenvalue weighted by molar-refractivity contribution is -0.216. The maximum atomic E-state index is 11.8. The molecule has 3 saturated carbocycles. The molecule has 0 aromatic heterocycles. The monoisotopic (exact) mass is 246 g/mol. The van der Waals surface area contributed by atoms with Crippen LogP contribution in [0.25, 0.3) is 0 Å². The first-order valence-electron chi connectivity index (χ1n) is 6.54. The second kappa shape index (κ2) is 4.39. The zero-order chi connectivity index (χ0) is 12.6. The van der Waals surface area contributed by atoms with E-state index in [-0.39, 0.29) is 18.0 Å². The van der Waals surface area contributed by atoms with Crippen molar-refractivity contribution < 1.29 is 14.6 Å². The van der Waals surface area contributed by atoms with E-state index in [0.29, 0.717) is 24.9 Å². The van der Waals surface area contributed by atoms with E-state index < -0.39 is 0 Å². The van der Waals surface area contributed by atoms with Crippen molar-refractivity contribution in [2.75, 3.05) is 6.61 Å². The molecular formula is C15H18O3. The first kappa shape index (κ1) is 11.7. The van der Waals surface area contributed by atoms with Gasteiger partial charge in [0.1, 0.15) is 6.61 Å². The van der Waals surface area contributed by atoms with Crippen molar-refractivity contribution in [3.63, 3.8) is 0 Å². The normalized spacial score (nSPS) is 32.3. The van der Waals surface area contributed by atoms with Gasteiger partial charge in [-0.1, -0.05) is 30.3 Å². The van der Waals surface area contributed by atoms with Crippen LogP contribution in [-0.4, -0.2) is 17.7 Å². The highest BCUT2D eigenvalue weighted by Crippen LogP contribution is 2.70. The number of benzene rings is 1. The lowest BCUT2D eigenvalue weighted by atomic mass is 9.37. The molecule has 0 radical (unpaired) electrons. The van der Waals surface area contributed by atoms with Crippen molar-refractivity contribution in [3.8, 4) is 0 Å². The summed E-state index contributed by atoms with van der Waals surface area (Å²) in [4.78, 5) is 11.8. The summed E-state index contributed by atoms with van der Waals surface area (Å²) >= 11 is 0. The first-order chi connectivity index (χ1) is 8.73. The van der Waals surface area contributed by atoms with Crippen LogP contribution in [0.4, 0.5) is 0 Å². The van der Waals surface area contributed by atoms with Gasteiger partial charge in [0, 0.05) is 6.61 Å². The zero-order valence-electron chi connectivity index (χ0n) is 10.3. The van der Waals surface area contributed by atoms with Crippen LogP contribution in [0.3, 0.4) is 0 Å². The molecule has 0 amide bonds. The second-order valence-corrected chi connectivity index (χ2v) is 5.64. The molecule has 18 heavy (non-hydrogen) atoms. The van der Waals surface area contributed by atoms with Crippen LogP contribution in [0.15, 0.2) is 30.3 Å². The van der Waals surface area contributed by atoms with Crippen LogP contribution in [0.2, 0.25) is 0 Å². The van der Waals surface area contributed by atoms with Crippen molar-refractivity contribution in [1.29, 1.82) is 0 Å². The maximum Gasteiger partial charge on any atom is 0.306 e. The van der Waals surface area contributed by atoms with Gasteiger partial charge in [-0.3, -0.25) is 4.79 Å². The topological polar surface area (TPSA) is 46.5 Å². The average Bonchev–Trinajstić information content (AvgIpc) is 2.33. The third-order valence-corrected chi connectivity index (χ3v) is 4.63. The fourth-order valence-corrected chi connectivity index (χ4v) is 3.45. The largest absolute Gasteiger partial charge is 0.461 e. The standard InChI is InChI=1S/C15H18O3/c16-9-13-12-6-15(13,7-12)8-14(17)18-10-11-4-2-1-3-5-11/h1-5,12-13,16H,6-10H2. The fraction of sp³-hybridized carbons (Fsp3) is 0.533. The fourth-order valence-electron chi connectivity index (χ4n) is 3.45. The number of rotatable bonds is 5. The predicted molar refractivity (Wildman–Crippen MR) is 66.6 cm³/mol. The molecule has 0 spiro atoms.